The lowest BCUT2D eigenvalue weighted by Gasteiger charge is -2.23. The first-order valence-electron chi connectivity index (χ1n) is 10.3. The number of hydrogen-bond donors (Lipinski definition) is 1. The van der Waals surface area contributed by atoms with Crippen LogP contribution in [-0.4, -0.2) is 32.7 Å². The van der Waals surface area contributed by atoms with Crippen LogP contribution in [-0.2, 0) is 20.0 Å². The fourth-order valence-electron chi connectivity index (χ4n) is 3.58. The second kappa shape index (κ2) is 9.36. The SMILES string of the molecule is CCS(=O)(=O)Nc1ccc(C2=NN(S(=O)(=O)c3cccc(Cl)c3)[C@@H](c3ccccc3F)C2)cc1. The predicted octanol–water partition coefficient (Wildman–Crippen LogP) is 4.78. The lowest BCUT2D eigenvalue weighted by molar-refractivity contribution is 0.362. The number of halogens is 2. The Morgan fingerprint density at radius 3 is 2.38 bits per heavy atom. The van der Waals surface area contributed by atoms with Gasteiger partial charge in [0, 0.05) is 22.7 Å². The van der Waals surface area contributed by atoms with Crippen molar-refractivity contribution in [2.45, 2.75) is 24.3 Å². The van der Waals surface area contributed by atoms with Gasteiger partial charge < -0.3 is 0 Å². The summed E-state index contributed by atoms with van der Waals surface area (Å²) in [6, 6.07) is 17.3. The monoisotopic (exact) mass is 521 g/mol. The van der Waals surface area contributed by atoms with Gasteiger partial charge in [-0.25, -0.2) is 12.8 Å². The molecule has 1 heterocycles. The van der Waals surface area contributed by atoms with Crippen molar-refractivity contribution < 1.29 is 21.2 Å². The Kier molecular flexibility index (Phi) is 6.66. The van der Waals surface area contributed by atoms with E-state index in [4.69, 9.17) is 11.6 Å². The predicted molar refractivity (Wildman–Crippen MR) is 130 cm³/mol. The summed E-state index contributed by atoms with van der Waals surface area (Å²) < 4.78 is 68.6. The van der Waals surface area contributed by atoms with Crippen LogP contribution in [0.2, 0.25) is 5.02 Å². The number of hydrazone groups is 1. The minimum atomic E-state index is -4.15. The molecule has 1 aliphatic rings. The van der Waals surface area contributed by atoms with Gasteiger partial charge in [0.2, 0.25) is 10.0 Å². The lowest BCUT2D eigenvalue weighted by atomic mass is 9.99. The van der Waals surface area contributed by atoms with Gasteiger partial charge in [-0.05, 0) is 48.9 Å². The number of sulfonamides is 2. The minimum absolute atomic E-state index is 0.0596. The van der Waals surface area contributed by atoms with Gasteiger partial charge in [0.1, 0.15) is 5.82 Å². The van der Waals surface area contributed by atoms with Crippen LogP contribution in [0.4, 0.5) is 10.1 Å². The second-order valence-corrected chi connectivity index (χ2v) is 11.8. The molecule has 0 spiro atoms. The number of rotatable bonds is 7. The molecule has 0 radical (unpaired) electrons. The molecule has 3 aromatic rings. The third kappa shape index (κ3) is 4.94. The molecule has 11 heteroatoms. The summed E-state index contributed by atoms with van der Waals surface area (Å²) in [6.45, 7) is 1.53. The zero-order valence-electron chi connectivity index (χ0n) is 18.0. The van der Waals surface area contributed by atoms with Crippen molar-refractivity contribution in [3.05, 3.63) is 94.8 Å². The first kappa shape index (κ1) is 24.2. The molecule has 1 N–H and O–H groups in total. The Bertz CT molecular complexity index is 1460. The van der Waals surface area contributed by atoms with Crippen molar-refractivity contribution in [3.8, 4) is 0 Å². The van der Waals surface area contributed by atoms with E-state index >= 15 is 0 Å². The molecule has 3 aromatic carbocycles. The van der Waals surface area contributed by atoms with E-state index in [9.17, 15) is 21.2 Å². The quantitative estimate of drug-likeness (QED) is 0.484. The number of anilines is 1. The van der Waals surface area contributed by atoms with Gasteiger partial charge in [-0.3, -0.25) is 4.72 Å². The summed E-state index contributed by atoms with van der Waals surface area (Å²) in [7, 11) is -7.59. The van der Waals surface area contributed by atoms with Crippen LogP contribution in [0.1, 0.15) is 30.5 Å². The summed E-state index contributed by atoms with van der Waals surface area (Å²) >= 11 is 6.00. The topological polar surface area (TPSA) is 95.9 Å². The third-order valence-electron chi connectivity index (χ3n) is 5.35. The molecular formula is C23H21ClFN3O4S2. The van der Waals surface area contributed by atoms with Crippen LogP contribution in [0.15, 0.2) is 82.8 Å². The molecule has 0 unspecified atom stereocenters. The van der Waals surface area contributed by atoms with Crippen LogP contribution >= 0.6 is 11.6 Å². The highest BCUT2D eigenvalue weighted by atomic mass is 35.5. The Balaban J connectivity index is 1.74. The van der Waals surface area contributed by atoms with Gasteiger partial charge in [-0.1, -0.05) is 48.0 Å². The molecule has 0 saturated heterocycles. The second-order valence-electron chi connectivity index (χ2n) is 7.61. The molecule has 0 fully saturated rings. The Labute approximate surface area is 203 Å². The van der Waals surface area contributed by atoms with E-state index in [2.05, 4.69) is 9.82 Å². The lowest BCUT2D eigenvalue weighted by Crippen LogP contribution is -2.28. The Morgan fingerprint density at radius 1 is 1.03 bits per heavy atom. The summed E-state index contributed by atoms with van der Waals surface area (Å²) in [6.07, 6.45) is 0.126. The molecule has 0 amide bonds. The highest BCUT2D eigenvalue weighted by molar-refractivity contribution is 7.92. The van der Waals surface area contributed by atoms with Gasteiger partial charge in [-0.2, -0.15) is 17.9 Å². The van der Waals surface area contributed by atoms with Gasteiger partial charge in [-0.15, -0.1) is 0 Å². The standard InChI is InChI=1S/C23H21ClFN3O4S2/c1-2-33(29,30)27-18-12-10-16(11-13-18)22-15-23(20-8-3-4-9-21(20)25)28(26-22)34(31,32)19-7-5-6-17(24)14-19/h3-14,23,27H,2,15H2,1H3/t23-/m1/s1. The summed E-state index contributed by atoms with van der Waals surface area (Å²) in [5.74, 6) is -0.609. The summed E-state index contributed by atoms with van der Waals surface area (Å²) in [4.78, 5) is -0.0596. The van der Waals surface area contributed by atoms with Crippen LogP contribution < -0.4 is 4.72 Å². The van der Waals surface area contributed by atoms with Crippen molar-refractivity contribution in [2.24, 2.45) is 5.10 Å². The van der Waals surface area contributed by atoms with E-state index in [0.717, 1.165) is 4.41 Å². The van der Waals surface area contributed by atoms with Gasteiger partial charge in [0.05, 0.1) is 22.4 Å². The van der Waals surface area contributed by atoms with Gasteiger partial charge in [0.15, 0.2) is 0 Å². The van der Waals surface area contributed by atoms with Crippen molar-refractivity contribution in [1.82, 2.24) is 4.41 Å². The van der Waals surface area contributed by atoms with E-state index < -0.39 is 31.9 Å². The van der Waals surface area contributed by atoms with E-state index in [-0.39, 0.29) is 27.7 Å². The third-order valence-corrected chi connectivity index (χ3v) is 8.57. The van der Waals surface area contributed by atoms with E-state index in [1.54, 1.807) is 36.4 Å². The summed E-state index contributed by atoms with van der Waals surface area (Å²) in [5.41, 5.74) is 1.57. The Hall–Kier alpha value is -2.95. The van der Waals surface area contributed by atoms with Crippen molar-refractivity contribution in [2.75, 3.05) is 10.5 Å². The van der Waals surface area contributed by atoms with Gasteiger partial charge >= 0.3 is 0 Å². The number of nitrogens with zero attached hydrogens (tertiary/aromatic N) is 2. The van der Waals surface area contributed by atoms with Crippen LogP contribution in [0.5, 0.6) is 0 Å². The highest BCUT2D eigenvalue weighted by Crippen LogP contribution is 2.38. The molecule has 4 rings (SSSR count). The van der Waals surface area contributed by atoms with Gasteiger partial charge in [0.25, 0.3) is 10.0 Å². The smallest absolute Gasteiger partial charge is 0.279 e. The fraction of sp³-hybridized carbons (Fsp3) is 0.174. The molecule has 0 saturated carbocycles. The molecule has 0 bridgehead atoms. The van der Waals surface area contributed by atoms with Crippen molar-refractivity contribution >= 4 is 43.0 Å². The van der Waals surface area contributed by atoms with Crippen LogP contribution in [0, 0.1) is 5.82 Å². The van der Waals surface area contributed by atoms with Crippen LogP contribution in [0.3, 0.4) is 0 Å². The van der Waals surface area contributed by atoms with E-state index in [0.29, 0.717) is 17.0 Å². The maximum atomic E-state index is 14.7. The average Bonchev–Trinajstić information content (AvgIpc) is 3.26. The molecule has 34 heavy (non-hydrogen) atoms. The molecule has 0 aromatic heterocycles. The fourth-order valence-corrected chi connectivity index (χ4v) is 5.95. The van der Waals surface area contributed by atoms with Crippen molar-refractivity contribution in [3.63, 3.8) is 0 Å². The molecule has 178 valence electrons. The average molecular weight is 522 g/mol. The maximum Gasteiger partial charge on any atom is 0.279 e. The first-order valence-corrected chi connectivity index (χ1v) is 13.8. The number of nitrogens with one attached hydrogen (secondary N) is 1. The van der Waals surface area contributed by atoms with Crippen LogP contribution in [0.25, 0.3) is 0 Å². The summed E-state index contributed by atoms with van der Waals surface area (Å²) in [5, 5.41) is 4.62. The molecule has 1 aliphatic heterocycles. The van der Waals surface area contributed by atoms with Crippen molar-refractivity contribution in [1.29, 1.82) is 0 Å². The van der Waals surface area contributed by atoms with E-state index in [1.807, 2.05) is 0 Å². The minimum Gasteiger partial charge on any atom is -0.284 e. The highest BCUT2D eigenvalue weighted by Gasteiger charge is 2.39. The molecule has 0 aliphatic carbocycles. The first-order chi connectivity index (χ1) is 16.1. The normalized spacial score (nSPS) is 16.4. The Morgan fingerprint density at radius 2 is 1.74 bits per heavy atom. The zero-order chi connectivity index (χ0) is 24.5. The maximum absolute atomic E-state index is 14.7. The van der Waals surface area contributed by atoms with E-state index in [1.165, 1.54) is 43.3 Å². The molecule has 1 atom stereocenters. The largest absolute Gasteiger partial charge is 0.284 e. The number of benzene rings is 3. The molecule has 7 nitrogen and oxygen atoms in total. The molecular weight excluding hydrogens is 501 g/mol. The zero-order valence-corrected chi connectivity index (χ0v) is 20.4. The number of hydrogen-bond acceptors (Lipinski definition) is 5.